The van der Waals surface area contributed by atoms with Crippen LogP contribution in [0.25, 0.3) is 0 Å². The van der Waals surface area contributed by atoms with E-state index in [0.717, 1.165) is 25.0 Å². The molecule has 31 heavy (non-hydrogen) atoms. The summed E-state index contributed by atoms with van der Waals surface area (Å²) in [6.45, 7) is 2.75. The molecule has 0 spiro atoms. The summed E-state index contributed by atoms with van der Waals surface area (Å²) < 4.78 is 65.7. The summed E-state index contributed by atoms with van der Waals surface area (Å²) in [6.07, 6.45) is -1.50. The Bertz CT molecular complexity index is 858. The fraction of sp³-hybridized carbons (Fsp3) is 0.667. The number of fused-ring (bicyclic) bond motifs is 1. The molecule has 2 fully saturated rings. The third-order valence-corrected chi connectivity index (χ3v) is 5.92. The number of piperidine rings is 1. The van der Waals surface area contributed by atoms with Crippen molar-refractivity contribution >= 4 is 21.7 Å². The number of hydrogen-bond donors (Lipinski definition) is 1. The molecule has 0 aliphatic carbocycles. The van der Waals surface area contributed by atoms with E-state index in [9.17, 15) is 26.4 Å². The molecule has 0 unspecified atom stereocenters. The van der Waals surface area contributed by atoms with Crippen LogP contribution in [-0.4, -0.2) is 92.3 Å². The molecule has 176 valence electrons. The second-order valence-corrected chi connectivity index (χ2v) is 9.67. The number of hydrogen-bond acceptors (Lipinski definition) is 7. The number of aliphatic carboxylic acids is 1. The Morgan fingerprint density at radius 2 is 1.97 bits per heavy atom. The van der Waals surface area contributed by atoms with Crippen LogP contribution < -0.4 is 0 Å². The van der Waals surface area contributed by atoms with Gasteiger partial charge in [-0.3, -0.25) is 9.69 Å². The van der Waals surface area contributed by atoms with E-state index in [2.05, 4.69) is 4.90 Å². The highest BCUT2D eigenvalue weighted by atomic mass is 32.2. The number of halogens is 3. The van der Waals surface area contributed by atoms with Crippen LogP contribution in [0.3, 0.4) is 0 Å². The Labute approximate surface area is 177 Å². The maximum absolute atomic E-state index is 12.4. The lowest BCUT2D eigenvalue weighted by Gasteiger charge is -2.41. The quantitative estimate of drug-likeness (QED) is 0.678. The Morgan fingerprint density at radius 3 is 2.45 bits per heavy atom. The fourth-order valence-electron chi connectivity index (χ4n) is 3.90. The number of carbonyl (C=O) groups excluding carboxylic acids is 1. The second-order valence-electron chi connectivity index (χ2n) is 7.53. The Hall–Kier alpha value is -2.12. The van der Waals surface area contributed by atoms with Crippen molar-refractivity contribution in [3.8, 4) is 0 Å². The number of ether oxygens (including phenoxy) is 1. The molecular formula is C18H25F3N2O7S. The predicted molar refractivity (Wildman–Crippen MR) is 102 cm³/mol. The van der Waals surface area contributed by atoms with Crippen LogP contribution in [0.1, 0.15) is 12.2 Å². The number of carbonyl (C=O) groups is 2. The average molecular weight is 470 g/mol. The van der Waals surface area contributed by atoms with Gasteiger partial charge < -0.3 is 19.2 Å². The molecule has 1 aromatic rings. The summed E-state index contributed by atoms with van der Waals surface area (Å²) in [5.74, 6) is -2.40. The van der Waals surface area contributed by atoms with Crippen molar-refractivity contribution in [1.82, 2.24) is 9.80 Å². The SMILES string of the molecule is CO[C@H]1CCN(C(=O)CS(C)(=O)=O)[C@@H]2CN(Cc3ccco3)C[C@H]12.O=C(O)C(F)(F)F. The normalized spacial score (nSPS) is 24.3. The van der Waals surface area contributed by atoms with Crippen LogP contribution in [0.2, 0.25) is 0 Å². The largest absolute Gasteiger partial charge is 0.490 e. The number of carboxylic acid groups (broad SMARTS) is 1. The summed E-state index contributed by atoms with van der Waals surface area (Å²) in [5.41, 5.74) is 0. The van der Waals surface area contributed by atoms with E-state index in [0.29, 0.717) is 19.6 Å². The minimum Gasteiger partial charge on any atom is -0.475 e. The number of likely N-dealkylation sites (tertiary alicyclic amines) is 2. The lowest BCUT2D eigenvalue weighted by molar-refractivity contribution is -0.192. The van der Waals surface area contributed by atoms with Gasteiger partial charge in [-0.2, -0.15) is 13.2 Å². The molecule has 0 saturated carbocycles. The molecule has 0 bridgehead atoms. The number of amides is 1. The van der Waals surface area contributed by atoms with E-state index in [1.807, 2.05) is 12.1 Å². The van der Waals surface area contributed by atoms with Crippen molar-refractivity contribution in [3.05, 3.63) is 24.2 Å². The van der Waals surface area contributed by atoms with Gasteiger partial charge in [0.2, 0.25) is 5.91 Å². The zero-order chi connectivity index (χ0) is 23.4. The molecule has 2 aliphatic heterocycles. The van der Waals surface area contributed by atoms with Crippen molar-refractivity contribution in [2.24, 2.45) is 5.92 Å². The van der Waals surface area contributed by atoms with Gasteiger partial charge in [-0.25, -0.2) is 13.2 Å². The maximum atomic E-state index is 12.4. The minimum absolute atomic E-state index is 0.00656. The topological polar surface area (TPSA) is 117 Å². The zero-order valence-electron chi connectivity index (χ0n) is 17.0. The molecule has 1 N–H and O–H groups in total. The molecule has 2 saturated heterocycles. The minimum atomic E-state index is -5.08. The van der Waals surface area contributed by atoms with Crippen molar-refractivity contribution < 1.29 is 45.4 Å². The third-order valence-electron chi connectivity index (χ3n) is 5.15. The first-order valence-corrected chi connectivity index (χ1v) is 11.4. The van der Waals surface area contributed by atoms with E-state index >= 15 is 0 Å². The van der Waals surface area contributed by atoms with Crippen molar-refractivity contribution in [2.45, 2.75) is 31.3 Å². The molecule has 1 amide bonds. The summed E-state index contributed by atoms with van der Waals surface area (Å²) in [6, 6.07) is 3.79. The standard InChI is InChI=1S/C16H24N2O5S.C2HF3O2/c1-22-15-5-6-18(16(19)11-24(2,20)21)14-10-17(9-13(14)15)8-12-4-3-7-23-12;3-2(4,5)1(6)7/h3-4,7,13-15H,5-6,8-11H2,1-2H3;(H,6,7)/t13-,14+,15-;/m0./s1. The molecule has 9 nitrogen and oxygen atoms in total. The van der Waals surface area contributed by atoms with Crippen LogP contribution in [0.4, 0.5) is 13.2 Å². The number of furan rings is 1. The number of sulfone groups is 1. The van der Waals surface area contributed by atoms with E-state index in [4.69, 9.17) is 19.1 Å². The number of carboxylic acids is 1. The van der Waals surface area contributed by atoms with Gasteiger partial charge in [0, 0.05) is 38.9 Å². The Morgan fingerprint density at radius 1 is 1.32 bits per heavy atom. The first-order valence-electron chi connectivity index (χ1n) is 9.36. The first-order chi connectivity index (χ1) is 14.3. The predicted octanol–water partition coefficient (Wildman–Crippen LogP) is 1.01. The van der Waals surface area contributed by atoms with Crippen molar-refractivity contribution in [3.63, 3.8) is 0 Å². The van der Waals surface area contributed by atoms with Gasteiger partial charge in [0.1, 0.15) is 11.5 Å². The number of nitrogens with zero attached hydrogens (tertiary/aromatic N) is 2. The number of methoxy groups -OCH3 is 1. The van der Waals surface area contributed by atoms with E-state index in [1.54, 1.807) is 18.3 Å². The number of rotatable bonds is 5. The smallest absolute Gasteiger partial charge is 0.475 e. The highest BCUT2D eigenvalue weighted by Gasteiger charge is 2.46. The van der Waals surface area contributed by atoms with Gasteiger partial charge in [0.05, 0.1) is 25.0 Å². The molecule has 0 aromatic carbocycles. The molecular weight excluding hydrogens is 445 g/mol. The van der Waals surface area contributed by atoms with E-state index < -0.39 is 27.7 Å². The molecule has 1 aromatic heterocycles. The van der Waals surface area contributed by atoms with Gasteiger partial charge in [-0.15, -0.1) is 0 Å². The van der Waals surface area contributed by atoms with Gasteiger partial charge >= 0.3 is 12.1 Å². The molecule has 2 aliphatic rings. The molecule has 3 heterocycles. The van der Waals surface area contributed by atoms with Crippen molar-refractivity contribution in [1.29, 1.82) is 0 Å². The average Bonchev–Trinajstić information content (AvgIpc) is 3.28. The van der Waals surface area contributed by atoms with Crippen LogP contribution in [0.15, 0.2) is 22.8 Å². The monoisotopic (exact) mass is 470 g/mol. The second kappa shape index (κ2) is 10.0. The lowest BCUT2D eigenvalue weighted by atomic mass is 9.89. The van der Waals surface area contributed by atoms with E-state index in [-0.39, 0.29) is 24.0 Å². The van der Waals surface area contributed by atoms with Gasteiger partial charge in [-0.1, -0.05) is 0 Å². The summed E-state index contributed by atoms with van der Waals surface area (Å²) in [5, 5.41) is 7.12. The summed E-state index contributed by atoms with van der Waals surface area (Å²) in [7, 11) is -1.63. The summed E-state index contributed by atoms with van der Waals surface area (Å²) >= 11 is 0. The van der Waals surface area contributed by atoms with Crippen LogP contribution in [-0.2, 0) is 30.7 Å². The Kier molecular flexibility index (Phi) is 8.11. The maximum Gasteiger partial charge on any atom is 0.490 e. The highest BCUT2D eigenvalue weighted by Crippen LogP contribution is 2.33. The fourth-order valence-corrected chi connectivity index (χ4v) is 4.51. The molecule has 13 heteroatoms. The lowest BCUT2D eigenvalue weighted by Crippen LogP contribution is -2.54. The van der Waals surface area contributed by atoms with Crippen LogP contribution in [0.5, 0.6) is 0 Å². The molecule has 3 rings (SSSR count). The van der Waals surface area contributed by atoms with Crippen molar-refractivity contribution in [2.75, 3.05) is 38.8 Å². The first kappa shape index (κ1) is 25.1. The van der Waals surface area contributed by atoms with Crippen LogP contribution in [0, 0.1) is 5.92 Å². The molecule has 0 radical (unpaired) electrons. The zero-order valence-corrected chi connectivity index (χ0v) is 17.9. The van der Waals surface area contributed by atoms with Gasteiger partial charge in [-0.05, 0) is 18.6 Å². The third kappa shape index (κ3) is 7.21. The summed E-state index contributed by atoms with van der Waals surface area (Å²) in [4.78, 5) is 25.3. The van der Waals surface area contributed by atoms with Gasteiger partial charge in [0.25, 0.3) is 0 Å². The van der Waals surface area contributed by atoms with Crippen LogP contribution >= 0.6 is 0 Å². The number of alkyl halides is 3. The molecule has 3 atom stereocenters. The van der Waals surface area contributed by atoms with Gasteiger partial charge in [0.15, 0.2) is 9.84 Å². The van der Waals surface area contributed by atoms with E-state index in [1.165, 1.54) is 0 Å². The highest BCUT2D eigenvalue weighted by molar-refractivity contribution is 7.91. The Balaban J connectivity index is 0.000000423.